The predicted molar refractivity (Wildman–Crippen MR) is 89.3 cm³/mol. The van der Waals surface area contributed by atoms with Crippen LogP contribution >= 0.6 is 11.3 Å². The van der Waals surface area contributed by atoms with Gasteiger partial charge in [-0.05, 0) is 36.4 Å². The van der Waals surface area contributed by atoms with Crippen molar-refractivity contribution in [1.29, 1.82) is 0 Å². The fourth-order valence-electron chi connectivity index (χ4n) is 2.14. The van der Waals surface area contributed by atoms with E-state index in [0.717, 1.165) is 31.6 Å². The molecule has 2 aromatic rings. The molecule has 0 spiro atoms. The van der Waals surface area contributed by atoms with Crippen molar-refractivity contribution in [3.63, 3.8) is 0 Å². The summed E-state index contributed by atoms with van der Waals surface area (Å²) in [5.74, 6) is 0.481. The molecule has 0 atom stereocenters. The maximum atomic E-state index is 11.9. The zero-order chi connectivity index (χ0) is 15.1. The number of amides is 1. The van der Waals surface area contributed by atoms with Gasteiger partial charge in [-0.25, -0.2) is 4.98 Å². The largest absolute Gasteiger partial charge is 0.370 e. The van der Waals surface area contributed by atoms with Crippen molar-refractivity contribution >= 4 is 28.7 Å². The molecule has 112 valence electrons. The summed E-state index contributed by atoms with van der Waals surface area (Å²) in [4.78, 5) is 19.3. The Bertz CT molecular complexity index is 545. The van der Waals surface area contributed by atoms with E-state index in [2.05, 4.69) is 29.0 Å². The van der Waals surface area contributed by atoms with Crippen molar-refractivity contribution in [2.45, 2.75) is 26.7 Å². The molecular formula is C16H21N3OS. The van der Waals surface area contributed by atoms with E-state index in [1.165, 1.54) is 11.3 Å². The number of carbonyl (C=O) groups excluding carboxylic acids is 1. The monoisotopic (exact) mass is 303 g/mol. The summed E-state index contributed by atoms with van der Waals surface area (Å²) in [5, 5.41) is 4.70. The van der Waals surface area contributed by atoms with Gasteiger partial charge in [0.2, 0.25) is 0 Å². The first-order chi connectivity index (χ1) is 10.2. The second-order valence-corrected chi connectivity index (χ2v) is 5.77. The molecule has 0 saturated heterocycles. The summed E-state index contributed by atoms with van der Waals surface area (Å²) in [6, 6.07) is 7.55. The molecule has 5 heteroatoms. The maximum absolute atomic E-state index is 11.9. The maximum Gasteiger partial charge on any atom is 0.266 e. The van der Waals surface area contributed by atoms with Gasteiger partial charge in [-0.2, -0.15) is 0 Å². The topological polar surface area (TPSA) is 45.2 Å². The van der Waals surface area contributed by atoms with Gasteiger partial charge in [0.05, 0.1) is 16.8 Å². The average molecular weight is 303 g/mol. The lowest BCUT2D eigenvalue weighted by atomic mass is 10.3. The van der Waals surface area contributed by atoms with Crippen molar-refractivity contribution < 1.29 is 4.79 Å². The van der Waals surface area contributed by atoms with E-state index in [1.807, 2.05) is 29.8 Å². The van der Waals surface area contributed by atoms with Crippen LogP contribution in [-0.4, -0.2) is 24.0 Å². The van der Waals surface area contributed by atoms with Crippen molar-refractivity contribution in [1.82, 2.24) is 4.98 Å². The van der Waals surface area contributed by atoms with Gasteiger partial charge in [-0.15, -0.1) is 11.3 Å². The normalized spacial score (nSPS) is 10.4. The molecule has 0 aliphatic carbocycles. The Morgan fingerprint density at radius 3 is 2.52 bits per heavy atom. The number of hydrogen-bond donors (Lipinski definition) is 1. The molecule has 0 bridgehead atoms. The van der Waals surface area contributed by atoms with Crippen LogP contribution in [0.2, 0.25) is 0 Å². The van der Waals surface area contributed by atoms with Crippen LogP contribution in [0.3, 0.4) is 0 Å². The van der Waals surface area contributed by atoms with Crippen molar-refractivity contribution in [2.75, 3.05) is 23.3 Å². The van der Waals surface area contributed by atoms with Crippen molar-refractivity contribution in [3.8, 4) is 0 Å². The molecule has 1 amide bonds. The van der Waals surface area contributed by atoms with Gasteiger partial charge in [0.1, 0.15) is 5.82 Å². The van der Waals surface area contributed by atoms with Crippen LogP contribution < -0.4 is 10.2 Å². The summed E-state index contributed by atoms with van der Waals surface area (Å²) in [7, 11) is 0. The second-order valence-electron chi connectivity index (χ2n) is 4.82. The van der Waals surface area contributed by atoms with E-state index >= 15 is 0 Å². The molecule has 0 aliphatic rings. The van der Waals surface area contributed by atoms with Crippen LogP contribution in [-0.2, 0) is 0 Å². The zero-order valence-corrected chi connectivity index (χ0v) is 13.3. The predicted octanol–water partition coefficient (Wildman–Crippen LogP) is 4.02. The van der Waals surface area contributed by atoms with Gasteiger partial charge >= 0.3 is 0 Å². The molecule has 0 aromatic carbocycles. The average Bonchev–Trinajstić information content (AvgIpc) is 3.02. The number of pyridine rings is 1. The summed E-state index contributed by atoms with van der Waals surface area (Å²) < 4.78 is 0. The molecule has 2 heterocycles. The highest BCUT2D eigenvalue weighted by atomic mass is 32.1. The fourth-order valence-corrected chi connectivity index (χ4v) is 2.76. The van der Waals surface area contributed by atoms with Crippen LogP contribution in [0.25, 0.3) is 0 Å². The Balaban J connectivity index is 2.02. The summed E-state index contributed by atoms with van der Waals surface area (Å²) in [6.07, 6.45) is 4.04. The van der Waals surface area contributed by atoms with Gasteiger partial charge < -0.3 is 10.2 Å². The highest BCUT2D eigenvalue weighted by Crippen LogP contribution is 2.17. The molecule has 1 N–H and O–H groups in total. The van der Waals surface area contributed by atoms with Crippen molar-refractivity contribution in [2.24, 2.45) is 0 Å². The van der Waals surface area contributed by atoms with E-state index in [4.69, 9.17) is 0 Å². The smallest absolute Gasteiger partial charge is 0.266 e. The van der Waals surface area contributed by atoms with Gasteiger partial charge in [0, 0.05) is 13.1 Å². The molecule has 21 heavy (non-hydrogen) atoms. The molecule has 0 saturated carbocycles. The summed E-state index contributed by atoms with van der Waals surface area (Å²) in [6.45, 7) is 6.39. The highest BCUT2D eigenvalue weighted by molar-refractivity contribution is 7.12. The Hall–Kier alpha value is -1.88. The third kappa shape index (κ3) is 4.29. The molecule has 4 nitrogen and oxygen atoms in total. The van der Waals surface area contributed by atoms with Gasteiger partial charge in [-0.1, -0.05) is 19.9 Å². The first-order valence-corrected chi connectivity index (χ1v) is 8.18. The van der Waals surface area contributed by atoms with Crippen LogP contribution in [0.15, 0.2) is 35.8 Å². The molecule has 0 aliphatic heterocycles. The molecule has 0 radical (unpaired) electrons. The van der Waals surface area contributed by atoms with E-state index in [9.17, 15) is 4.79 Å². The zero-order valence-electron chi connectivity index (χ0n) is 12.5. The SMILES string of the molecule is CCCN(CCC)c1ccc(NC(=O)c2cccs2)nc1. The standard InChI is InChI=1S/C16H21N3OS/c1-3-9-19(10-4-2)13-7-8-15(17-12-13)18-16(20)14-6-5-11-21-14/h5-8,11-12H,3-4,9-10H2,1-2H3,(H,17,18,20). The van der Waals surface area contributed by atoms with E-state index in [1.54, 1.807) is 6.07 Å². The van der Waals surface area contributed by atoms with Crippen LogP contribution in [0.4, 0.5) is 11.5 Å². The van der Waals surface area contributed by atoms with Gasteiger partial charge in [-0.3, -0.25) is 4.79 Å². The molecule has 0 fully saturated rings. The number of anilines is 2. The molecular weight excluding hydrogens is 282 g/mol. The van der Waals surface area contributed by atoms with Crippen LogP contribution in [0.1, 0.15) is 36.4 Å². The third-order valence-electron chi connectivity index (χ3n) is 3.09. The lowest BCUT2D eigenvalue weighted by Gasteiger charge is -2.23. The van der Waals surface area contributed by atoms with Gasteiger partial charge in [0.25, 0.3) is 5.91 Å². The minimum absolute atomic E-state index is 0.107. The van der Waals surface area contributed by atoms with Crippen LogP contribution in [0.5, 0.6) is 0 Å². The Labute approximate surface area is 129 Å². The number of rotatable bonds is 7. The number of nitrogens with zero attached hydrogens (tertiary/aromatic N) is 2. The van der Waals surface area contributed by atoms with E-state index < -0.39 is 0 Å². The number of carbonyl (C=O) groups is 1. The van der Waals surface area contributed by atoms with E-state index in [0.29, 0.717) is 10.7 Å². The number of thiophene rings is 1. The van der Waals surface area contributed by atoms with E-state index in [-0.39, 0.29) is 5.91 Å². The van der Waals surface area contributed by atoms with Gasteiger partial charge in [0.15, 0.2) is 0 Å². The first kappa shape index (κ1) is 15.5. The Morgan fingerprint density at radius 2 is 2.00 bits per heavy atom. The molecule has 2 rings (SSSR count). The Morgan fingerprint density at radius 1 is 1.24 bits per heavy atom. The first-order valence-electron chi connectivity index (χ1n) is 7.30. The summed E-state index contributed by atoms with van der Waals surface area (Å²) in [5.41, 5.74) is 1.10. The molecule has 2 aromatic heterocycles. The summed E-state index contributed by atoms with van der Waals surface area (Å²) >= 11 is 1.42. The lowest BCUT2D eigenvalue weighted by Crippen LogP contribution is -2.25. The number of hydrogen-bond acceptors (Lipinski definition) is 4. The number of aromatic nitrogens is 1. The fraction of sp³-hybridized carbons (Fsp3) is 0.375. The Kier molecular flexibility index (Phi) is 5.75. The van der Waals surface area contributed by atoms with Crippen molar-refractivity contribution in [3.05, 3.63) is 40.7 Å². The molecule has 0 unspecified atom stereocenters. The number of nitrogens with one attached hydrogen (secondary N) is 1. The second kappa shape index (κ2) is 7.78. The minimum Gasteiger partial charge on any atom is -0.370 e. The third-order valence-corrected chi connectivity index (χ3v) is 3.96. The quantitative estimate of drug-likeness (QED) is 0.840. The van der Waals surface area contributed by atoms with Crippen LogP contribution in [0, 0.1) is 0 Å². The highest BCUT2D eigenvalue weighted by Gasteiger charge is 2.09. The minimum atomic E-state index is -0.107. The lowest BCUT2D eigenvalue weighted by molar-refractivity contribution is 0.103.